The molecule has 164 valence electrons. The first kappa shape index (κ1) is 21.2. The highest BCUT2D eigenvalue weighted by atomic mass is 16.2. The molecule has 1 aromatic carbocycles. The summed E-state index contributed by atoms with van der Waals surface area (Å²) in [5.74, 6) is -1.78. The summed E-state index contributed by atoms with van der Waals surface area (Å²) in [6.45, 7) is 2.55. The van der Waals surface area contributed by atoms with Gasteiger partial charge in [-0.1, -0.05) is 19.1 Å². The molecule has 3 N–H and O–H groups in total. The first-order valence-corrected chi connectivity index (χ1v) is 10.4. The number of anilines is 1. The van der Waals surface area contributed by atoms with Crippen molar-refractivity contribution in [1.82, 2.24) is 19.7 Å². The molecule has 1 aliphatic rings. The van der Waals surface area contributed by atoms with Crippen LogP contribution in [0.2, 0.25) is 0 Å². The molecule has 3 heterocycles. The van der Waals surface area contributed by atoms with E-state index >= 15 is 0 Å². The first-order valence-electron chi connectivity index (χ1n) is 10.4. The third-order valence-electron chi connectivity index (χ3n) is 5.60. The number of hydrogen-bond acceptors (Lipinski definition) is 5. The van der Waals surface area contributed by atoms with Gasteiger partial charge in [-0.2, -0.15) is 5.10 Å². The Bertz CT molecular complexity index is 1130. The summed E-state index contributed by atoms with van der Waals surface area (Å²) in [4.78, 5) is 42.7. The number of primary amides is 1. The van der Waals surface area contributed by atoms with Crippen LogP contribution in [0.15, 0.2) is 61.2 Å². The summed E-state index contributed by atoms with van der Waals surface area (Å²) in [6, 6.07) is 10.9. The Balaban J connectivity index is 1.52. The number of aromatic nitrogens is 3. The molecule has 9 nitrogen and oxygen atoms in total. The van der Waals surface area contributed by atoms with Crippen molar-refractivity contribution in [3.8, 4) is 5.69 Å². The molecule has 2 atom stereocenters. The Morgan fingerprint density at radius 3 is 2.59 bits per heavy atom. The normalized spacial score (nSPS) is 18.2. The number of carbonyl (C=O) groups is 3. The van der Waals surface area contributed by atoms with Gasteiger partial charge in [-0.05, 0) is 48.6 Å². The molecule has 3 aromatic rings. The van der Waals surface area contributed by atoms with Crippen LogP contribution in [-0.2, 0) is 9.59 Å². The number of nitrogens with two attached hydrogens (primary N) is 1. The minimum atomic E-state index is -0.777. The zero-order chi connectivity index (χ0) is 22.7. The summed E-state index contributed by atoms with van der Waals surface area (Å²) in [6.07, 6.45) is 7.96. The monoisotopic (exact) mass is 432 g/mol. The van der Waals surface area contributed by atoms with E-state index in [2.05, 4.69) is 22.3 Å². The van der Waals surface area contributed by atoms with Crippen LogP contribution in [0.5, 0.6) is 0 Å². The zero-order valence-corrected chi connectivity index (χ0v) is 17.6. The van der Waals surface area contributed by atoms with Crippen LogP contribution in [0.3, 0.4) is 0 Å². The van der Waals surface area contributed by atoms with Crippen LogP contribution >= 0.6 is 0 Å². The van der Waals surface area contributed by atoms with E-state index in [9.17, 15) is 14.4 Å². The van der Waals surface area contributed by atoms with Crippen molar-refractivity contribution in [1.29, 1.82) is 0 Å². The average Bonchev–Trinajstić information content (AvgIpc) is 3.34. The second-order valence-corrected chi connectivity index (χ2v) is 7.98. The maximum absolute atomic E-state index is 13.1. The number of rotatable bonds is 4. The van der Waals surface area contributed by atoms with Gasteiger partial charge in [-0.3, -0.25) is 19.4 Å². The van der Waals surface area contributed by atoms with Crippen molar-refractivity contribution in [2.75, 3.05) is 11.9 Å². The fourth-order valence-corrected chi connectivity index (χ4v) is 3.95. The number of hydrogen-bond donors (Lipinski definition) is 2. The van der Waals surface area contributed by atoms with E-state index in [1.807, 2.05) is 36.5 Å². The molecule has 0 aliphatic carbocycles. The van der Waals surface area contributed by atoms with E-state index in [4.69, 9.17) is 5.73 Å². The Hall–Kier alpha value is -4.01. The Morgan fingerprint density at radius 2 is 1.91 bits per heavy atom. The number of nitrogens with one attached hydrogen (secondary N) is 1. The minimum absolute atomic E-state index is 0.150. The molecular formula is C23H24N6O3. The molecule has 9 heteroatoms. The SMILES string of the molecule is C[C@@H]1CC[C@@H](c2ccc(-n3cccn3)cc2)N(C(=O)C(=O)Nc2cncc(C(N)=O)c2)C1. The molecule has 4 rings (SSSR count). The Labute approximate surface area is 185 Å². The molecule has 0 unspecified atom stereocenters. The summed E-state index contributed by atoms with van der Waals surface area (Å²) in [5, 5.41) is 6.76. The first-order chi connectivity index (χ1) is 15.4. The van der Waals surface area contributed by atoms with Crippen molar-refractivity contribution in [2.45, 2.75) is 25.8 Å². The summed E-state index contributed by atoms with van der Waals surface area (Å²) in [5.41, 5.74) is 7.53. The van der Waals surface area contributed by atoms with Gasteiger partial charge in [0.1, 0.15) is 0 Å². The van der Waals surface area contributed by atoms with Crippen LogP contribution in [0.25, 0.3) is 5.69 Å². The van der Waals surface area contributed by atoms with E-state index < -0.39 is 17.7 Å². The third kappa shape index (κ3) is 4.51. The standard InChI is InChI=1S/C23H24N6O3/c1-15-3-8-20(16-4-6-19(7-5-16)29-10-2-9-26-29)28(14-15)23(32)22(31)27-18-11-17(21(24)30)12-25-13-18/h2,4-7,9-13,15,20H,3,8,14H2,1H3,(H2,24,30)(H,27,31)/t15-,20+/m1/s1. The van der Waals surface area contributed by atoms with Gasteiger partial charge in [0.05, 0.1) is 29.2 Å². The smallest absolute Gasteiger partial charge is 0.313 e. The Morgan fingerprint density at radius 1 is 1.12 bits per heavy atom. The minimum Gasteiger partial charge on any atom is -0.366 e. The summed E-state index contributed by atoms with van der Waals surface area (Å²) in [7, 11) is 0. The number of carbonyl (C=O) groups excluding carboxylic acids is 3. The molecule has 1 saturated heterocycles. The molecule has 3 amide bonds. The van der Waals surface area contributed by atoms with Gasteiger partial charge < -0.3 is 16.0 Å². The summed E-state index contributed by atoms with van der Waals surface area (Å²) < 4.78 is 1.76. The van der Waals surface area contributed by atoms with Gasteiger partial charge in [0, 0.05) is 25.1 Å². The van der Waals surface area contributed by atoms with E-state index in [0.29, 0.717) is 6.54 Å². The van der Waals surface area contributed by atoms with Gasteiger partial charge in [0.25, 0.3) is 0 Å². The van der Waals surface area contributed by atoms with Crippen molar-refractivity contribution >= 4 is 23.4 Å². The maximum Gasteiger partial charge on any atom is 0.313 e. The summed E-state index contributed by atoms with van der Waals surface area (Å²) >= 11 is 0. The van der Waals surface area contributed by atoms with Crippen LogP contribution in [0.1, 0.15) is 41.7 Å². The average molecular weight is 432 g/mol. The van der Waals surface area contributed by atoms with Crippen molar-refractivity contribution in [2.24, 2.45) is 11.7 Å². The highest BCUT2D eigenvalue weighted by molar-refractivity contribution is 6.39. The van der Waals surface area contributed by atoms with Crippen LogP contribution in [0.4, 0.5) is 5.69 Å². The lowest BCUT2D eigenvalue weighted by Gasteiger charge is -2.38. The number of amides is 3. The molecule has 0 radical (unpaired) electrons. The number of nitrogens with zero attached hydrogens (tertiary/aromatic N) is 4. The lowest BCUT2D eigenvalue weighted by Crippen LogP contribution is -2.46. The quantitative estimate of drug-likeness (QED) is 0.613. The molecule has 0 spiro atoms. The van der Waals surface area contributed by atoms with E-state index in [0.717, 1.165) is 24.1 Å². The fraction of sp³-hybridized carbons (Fsp3) is 0.261. The lowest BCUT2D eigenvalue weighted by atomic mass is 9.89. The van der Waals surface area contributed by atoms with Crippen LogP contribution in [-0.4, -0.2) is 43.9 Å². The van der Waals surface area contributed by atoms with Crippen molar-refractivity contribution < 1.29 is 14.4 Å². The second-order valence-electron chi connectivity index (χ2n) is 7.98. The highest BCUT2D eigenvalue weighted by Gasteiger charge is 2.34. The van der Waals surface area contributed by atoms with E-state index in [1.165, 1.54) is 18.5 Å². The third-order valence-corrected chi connectivity index (χ3v) is 5.60. The van der Waals surface area contributed by atoms with Gasteiger partial charge in [0.15, 0.2) is 0 Å². The van der Waals surface area contributed by atoms with E-state index in [-0.39, 0.29) is 23.2 Å². The van der Waals surface area contributed by atoms with Crippen LogP contribution < -0.4 is 11.1 Å². The lowest BCUT2D eigenvalue weighted by molar-refractivity contribution is -0.146. The largest absolute Gasteiger partial charge is 0.366 e. The predicted molar refractivity (Wildman–Crippen MR) is 118 cm³/mol. The molecule has 0 bridgehead atoms. The molecule has 1 fully saturated rings. The topological polar surface area (TPSA) is 123 Å². The van der Waals surface area contributed by atoms with Crippen molar-refractivity contribution in [3.05, 3.63) is 72.3 Å². The molecule has 0 saturated carbocycles. The maximum atomic E-state index is 13.1. The van der Waals surface area contributed by atoms with Gasteiger partial charge in [-0.15, -0.1) is 0 Å². The van der Waals surface area contributed by atoms with E-state index in [1.54, 1.807) is 15.8 Å². The molecule has 1 aliphatic heterocycles. The number of likely N-dealkylation sites (tertiary alicyclic amines) is 1. The fourth-order valence-electron chi connectivity index (χ4n) is 3.95. The molecular weight excluding hydrogens is 408 g/mol. The molecule has 2 aromatic heterocycles. The number of benzene rings is 1. The number of pyridine rings is 1. The van der Waals surface area contributed by atoms with Crippen molar-refractivity contribution in [3.63, 3.8) is 0 Å². The second kappa shape index (κ2) is 9.01. The van der Waals surface area contributed by atoms with Gasteiger partial charge in [-0.25, -0.2) is 4.68 Å². The Kier molecular flexibility index (Phi) is 5.98. The molecule has 32 heavy (non-hydrogen) atoms. The highest BCUT2D eigenvalue weighted by Crippen LogP contribution is 2.34. The van der Waals surface area contributed by atoms with Crippen LogP contribution in [0, 0.1) is 5.92 Å². The predicted octanol–water partition coefficient (Wildman–Crippen LogP) is 2.30. The zero-order valence-electron chi connectivity index (χ0n) is 17.6. The van der Waals surface area contributed by atoms with Gasteiger partial charge in [0.2, 0.25) is 5.91 Å². The number of piperidine rings is 1. The van der Waals surface area contributed by atoms with Gasteiger partial charge >= 0.3 is 11.8 Å².